The molecule has 5 aromatic rings. The van der Waals surface area contributed by atoms with E-state index in [4.69, 9.17) is 9.05 Å². The van der Waals surface area contributed by atoms with E-state index in [1.807, 2.05) is 84.2 Å². The molecule has 0 aliphatic carbocycles. The van der Waals surface area contributed by atoms with Crippen LogP contribution in [0.3, 0.4) is 0 Å². The molecule has 0 N–H and O–H groups in total. The summed E-state index contributed by atoms with van der Waals surface area (Å²) in [7, 11) is 2.66. The van der Waals surface area contributed by atoms with Gasteiger partial charge in [-0.05, 0) is 29.8 Å². The van der Waals surface area contributed by atoms with Gasteiger partial charge >= 0.3 is 7.60 Å². The van der Waals surface area contributed by atoms with Crippen LogP contribution >= 0.6 is 7.60 Å². The van der Waals surface area contributed by atoms with Crippen molar-refractivity contribution in [1.82, 2.24) is 9.13 Å². The number of nitrogens with zero attached hydrogens (tertiary/aromatic N) is 2. The minimum atomic E-state index is -3.98. The molecule has 0 aliphatic heterocycles. The maximum Gasteiger partial charge on any atom is 0.349 e. The molecule has 0 unspecified atom stereocenters. The number of fused-ring (bicyclic) bond motifs is 2. The highest BCUT2D eigenvalue weighted by atomic mass is 31.2. The summed E-state index contributed by atoms with van der Waals surface area (Å²) in [6.07, 6.45) is 3.89. The van der Waals surface area contributed by atoms with E-state index >= 15 is 0 Å². The van der Waals surface area contributed by atoms with Crippen LogP contribution in [0.2, 0.25) is 0 Å². The number of halogens is 1. The van der Waals surface area contributed by atoms with Gasteiger partial charge in [-0.15, -0.1) is 0 Å². The predicted molar refractivity (Wildman–Crippen MR) is 134 cm³/mol. The highest BCUT2D eigenvalue weighted by Crippen LogP contribution is 2.71. The largest absolute Gasteiger partial charge is 0.350 e. The summed E-state index contributed by atoms with van der Waals surface area (Å²) >= 11 is 0. The fourth-order valence-electron chi connectivity index (χ4n) is 5.23. The third-order valence-electron chi connectivity index (χ3n) is 6.71. The molecule has 0 radical (unpaired) electrons. The Labute approximate surface area is 197 Å². The third-order valence-corrected chi connectivity index (χ3v) is 9.23. The molecular weight excluding hydrogens is 450 g/mol. The number of para-hydroxylation sites is 2. The average Bonchev–Trinajstić information content (AvgIpc) is 3.37. The highest BCUT2D eigenvalue weighted by molar-refractivity contribution is 7.55. The molecule has 0 aliphatic rings. The van der Waals surface area contributed by atoms with Crippen LogP contribution in [0.15, 0.2) is 85.2 Å². The molecule has 0 bridgehead atoms. The van der Waals surface area contributed by atoms with Crippen molar-refractivity contribution in [3.63, 3.8) is 0 Å². The summed E-state index contributed by atoms with van der Waals surface area (Å²) in [5, 5.41) is 0.327. The maximum absolute atomic E-state index is 14.8. The summed E-state index contributed by atoms with van der Waals surface area (Å²) in [6.45, 7) is 0. The minimum absolute atomic E-state index is 0.430. The first-order chi connectivity index (χ1) is 16.4. The van der Waals surface area contributed by atoms with Crippen LogP contribution in [-0.4, -0.2) is 23.4 Å². The van der Waals surface area contributed by atoms with Gasteiger partial charge in [-0.2, -0.15) is 0 Å². The van der Waals surface area contributed by atoms with Gasteiger partial charge in [0, 0.05) is 73.6 Å². The van der Waals surface area contributed by atoms with Gasteiger partial charge in [-0.3, -0.25) is 4.57 Å². The standard InChI is InChI=1S/C27H26FN2O3P/c1-29-17-23(21-12-5-7-14-25(21)29)27(34(31,32-3)33-4,19-10-9-11-20(28)16-19)24-18-30(2)26-15-8-6-13-22(24)26/h5-18H,1-4H3. The zero-order chi connectivity index (χ0) is 24.1. The van der Waals surface area contributed by atoms with Crippen LogP contribution < -0.4 is 0 Å². The second kappa shape index (κ2) is 8.24. The monoisotopic (exact) mass is 476 g/mol. The Bertz CT molecular complexity index is 1480. The second-order valence-electron chi connectivity index (χ2n) is 8.43. The van der Waals surface area contributed by atoms with E-state index < -0.39 is 18.6 Å². The molecule has 5 rings (SSSR count). The van der Waals surface area contributed by atoms with Crippen molar-refractivity contribution in [3.05, 3.63) is 108 Å². The number of hydrogen-bond acceptors (Lipinski definition) is 3. The maximum atomic E-state index is 14.8. The Morgan fingerprint density at radius 3 is 1.74 bits per heavy atom. The lowest BCUT2D eigenvalue weighted by Crippen LogP contribution is -2.31. The van der Waals surface area contributed by atoms with Gasteiger partial charge in [0.1, 0.15) is 5.82 Å². The fourth-order valence-corrected chi connectivity index (χ4v) is 7.33. The van der Waals surface area contributed by atoms with E-state index in [0.717, 1.165) is 32.9 Å². The van der Waals surface area contributed by atoms with Gasteiger partial charge in [0.25, 0.3) is 0 Å². The molecular formula is C27H26FN2O3P. The summed E-state index contributed by atoms with van der Waals surface area (Å²) in [6, 6.07) is 22.0. The first kappa shape index (κ1) is 22.6. The molecule has 3 aromatic carbocycles. The number of aromatic nitrogens is 2. The number of aryl methyl sites for hydroxylation is 2. The molecule has 2 heterocycles. The summed E-state index contributed by atoms with van der Waals surface area (Å²) in [4.78, 5) is 0. The van der Waals surface area contributed by atoms with Gasteiger partial charge in [0.15, 0.2) is 5.16 Å². The van der Waals surface area contributed by atoms with Crippen molar-refractivity contribution in [2.75, 3.05) is 14.2 Å². The lowest BCUT2D eigenvalue weighted by Gasteiger charge is -2.38. The molecule has 174 valence electrons. The van der Waals surface area contributed by atoms with Crippen LogP contribution in [0.5, 0.6) is 0 Å². The van der Waals surface area contributed by atoms with Crippen LogP contribution in [0.1, 0.15) is 16.7 Å². The van der Waals surface area contributed by atoms with E-state index in [9.17, 15) is 8.96 Å². The molecule has 0 saturated carbocycles. The Kier molecular flexibility index (Phi) is 5.48. The molecule has 34 heavy (non-hydrogen) atoms. The average molecular weight is 476 g/mol. The molecule has 2 aromatic heterocycles. The van der Waals surface area contributed by atoms with Crippen LogP contribution in [0.25, 0.3) is 21.8 Å². The molecule has 5 nitrogen and oxygen atoms in total. The van der Waals surface area contributed by atoms with Crippen molar-refractivity contribution in [2.24, 2.45) is 14.1 Å². The normalized spacial score (nSPS) is 12.6. The van der Waals surface area contributed by atoms with E-state index in [1.165, 1.54) is 26.4 Å². The van der Waals surface area contributed by atoms with Gasteiger partial charge in [-0.1, -0.05) is 48.5 Å². The predicted octanol–water partition coefficient (Wildman–Crippen LogP) is 6.59. The van der Waals surface area contributed by atoms with Crippen LogP contribution in [0, 0.1) is 5.82 Å². The van der Waals surface area contributed by atoms with E-state index in [1.54, 1.807) is 12.1 Å². The van der Waals surface area contributed by atoms with Crippen molar-refractivity contribution < 1.29 is 18.0 Å². The summed E-state index contributed by atoms with van der Waals surface area (Å²) in [5.41, 5.74) is 3.85. The topological polar surface area (TPSA) is 45.4 Å². The Hall–Kier alpha value is -3.18. The fraction of sp³-hybridized carbons (Fsp3) is 0.185. The van der Waals surface area contributed by atoms with E-state index in [0.29, 0.717) is 5.56 Å². The summed E-state index contributed by atoms with van der Waals surface area (Å²) in [5.74, 6) is -0.430. The SMILES string of the molecule is COP(=O)(OC)C(c1cccc(F)c1)(c1cn(C)c2ccccc12)c1cn(C)c2ccccc12. The van der Waals surface area contributed by atoms with Gasteiger partial charge in [-0.25, -0.2) is 4.39 Å². The Morgan fingerprint density at radius 1 is 0.765 bits per heavy atom. The van der Waals surface area contributed by atoms with Gasteiger partial charge < -0.3 is 18.2 Å². The molecule has 0 amide bonds. The van der Waals surface area contributed by atoms with Crippen molar-refractivity contribution >= 4 is 29.4 Å². The van der Waals surface area contributed by atoms with Crippen LogP contribution in [-0.2, 0) is 32.9 Å². The first-order valence-corrected chi connectivity index (χ1v) is 12.5. The number of hydrogen-bond donors (Lipinski definition) is 0. The van der Waals surface area contributed by atoms with Gasteiger partial charge in [0.05, 0.1) is 0 Å². The van der Waals surface area contributed by atoms with Crippen molar-refractivity contribution in [1.29, 1.82) is 0 Å². The zero-order valence-corrected chi connectivity index (χ0v) is 20.4. The van der Waals surface area contributed by atoms with Gasteiger partial charge in [0.2, 0.25) is 0 Å². The Balaban J connectivity index is 2.08. The third kappa shape index (κ3) is 3.03. The quantitative estimate of drug-likeness (QED) is 0.260. The van der Waals surface area contributed by atoms with E-state index in [-0.39, 0.29) is 0 Å². The smallest absolute Gasteiger partial charge is 0.349 e. The lowest BCUT2D eigenvalue weighted by molar-refractivity contribution is 0.259. The van der Waals surface area contributed by atoms with Crippen LogP contribution in [0.4, 0.5) is 4.39 Å². The van der Waals surface area contributed by atoms with Crippen molar-refractivity contribution in [3.8, 4) is 0 Å². The summed E-state index contributed by atoms with van der Waals surface area (Å²) < 4.78 is 45.1. The zero-order valence-electron chi connectivity index (χ0n) is 19.5. The molecule has 0 fully saturated rings. The Morgan fingerprint density at radius 2 is 1.26 bits per heavy atom. The number of benzene rings is 3. The molecule has 0 spiro atoms. The van der Waals surface area contributed by atoms with Crippen molar-refractivity contribution in [2.45, 2.75) is 5.16 Å². The molecule has 0 saturated heterocycles. The lowest BCUT2D eigenvalue weighted by atomic mass is 9.83. The van der Waals surface area contributed by atoms with E-state index in [2.05, 4.69) is 0 Å². The first-order valence-electron chi connectivity index (χ1n) is 10.9. The highest BCUT2D eigenvalue weighted by Gasteiger charge is 2.57. The molecule has 7 heteroatoms. The number of rotatable bonds is 6. The minimum Gasteiger partial charge on any atom is -0.350 e. The molecule has 0 atom stereocenters. The second-order valence-corrected chi connectivity index (χ2v) is 10.8.